The van der Waals surface area contributed by atoms with Gasteiger partial charge >= 0.3 is 0 Å². The summed E-state index contributed by atoms with van der Waals surface area (Å²) in [6, 6.07) is 4.96. The van der Waals surface area contributed by atoms with Crippen LogP contribution < -0.4 is 10.2 Å². The molecule has 1 aromatic heterocycles. The lowest BCUT2D eigenvalue weighted by Gasteiger charge is -2.16. The van der Waals surface area contributed by atoms with E-state index in [1.807, 2.05) is 19.3 Å². The molecule has 0 amide bonds. The van der Waals surface area contributed by atoms with E-state index in [1.165, 1.54) is 18.4 Å². The first-order chi connectivity index (χ1) is 7.79. The van der Waals surface area contributed by atoms with E-state index in [1.54, 1.807) is 0 Å². The fourth-order valence-corrected chi connectivity index (χ4v) is 1.62. The van der Waals surface area contributed by atoms with Gasteiger partial charge in [-0.05, 0) is 30.5 Å². The molecule has 1 aromatic rings. The summed E-state index contributed by atoms with van der Waals surface area (Å²) in [6.45, 7) is 5.51. The molecule has 0 aromatic carbocycles. The van der Waals surface area contributed by atoms with Crippen molar-refractivity contribution in [3.63, 3.8) is 0 Å². The predicted molar refractivity (Wildman–Crippen MR) is 67.6 cm³/mol. The third-order valence-electron chi connectivity index (χ3n) is 2.78. The van der Waals surface area contributed by atoms with Gasteiger partial charge in [0.2, 0.25) is 0 Å². The summed E-state index contributed by atoms with van der Waals surface area (Å²) in [6.07, 6.45) is 6.41. The summed E-state index contributed by atoms with van der Waals surface area (Å²) in [5.74, 6) is 1.01. The Morgan fingerprint density at radius 2 is 2.44 bits per heavy atom. The SMILES string of the molecule is C=CCN(C)c1cc(CNC2CC2)ccn1. The summed E-state index contributed by atoms with van der Waals surface area (Å²) in [5.41, 5.74) is 1.30. The molecular weight excluding hydrogens is 198 g/mol. The Morgan fingerprint density at radius 1 is 1.62 bits per heavy atom. The highest BCUT2D eigenvalue weighted by atomic mass is 15.1. The van der Waals surface area contributed by atoms with Gasteiger partial charge in [-0.1, -0.05) is 6.08 Å². The zero-order valence-electron chi connectivity index (χ0n) is 9.82. The Bertz CT molecular complexity index is 358. The molecule has 3 heteroatoms. The Morgan fingerprint density at radius 3 is 3.12 bits per heavy atom. The molecule has 86 valence electrons. The van der Waals surface area contributed by atoms with Gasteiger partial charge in [0.15, 0.2) is 0 Å². The van der Waals surface area contributed by atoms with Crippen LogP contribution in [0.15, 0.2) is 31.0 Å². The molecule has 1 saturated carbocycles. The maximum atomic E-state index is 4.35. The lowest BCUT2D eigenvalue weighted by atomic mass is 10.2. The summed E-state index contributed by atoms with van der Waals surface area (Å²) in [5, 5.41) is 3.50. The van der Waals surface area contributed by atoms with Crippen LogP contribution in [0, 0.1) is 0 Å². The van der Waals surface area contributed by atoms with Gasteiger partial charge in [-0.3, -0.25) is 0 Å². The molecule has 0 atom stereocenters. The van der Waals surface area contributed by atoms with Crippen LogP contribution in [0.3, 0.4) is 0 Å². The lowest BCUT2D eigenvalue weighted by Crippen LogP contribution is -2.19. The van der Waals surface area contributed by atoms with Gasteiger partial charge in [0.1, 0.15) is 5.82 Å². The molecule has 3 nitrogen and oxygen atoms in total. The molecule has 1 aliphatic rings. The van der Waals surface area contributed by atoms with Crippen molar-refractivity contribution < 1.29 is 0 Å². The number of aromatic nitrogens is 1. The maximum Gasteiger partial charge on any atom is 0.128 e. The first-order valence-corrected chi connectivity index (χ1v) is 5.80. The Labute approximate surface area is 97.2 Å². The van der Waals surface area contributed by atoms with E-state index < -0.39 is 0 Å². The largest absolute Gasteiger partial charge is 0.356 e. The topological polar surface area (TPSA) is 28.2 Å². The molecule has 0 unspecified atom stereocenters. The van der Waals surface area contributed by atoms with Gasteiger partial charge in [0.05, 0.1) is 0 Å². The van der Waals surface area contributed by atoms with E-state index in [2.05, 4.69) is 33.9 Å². The smallest absolute Gasteiger partial charge is 0.128 e. The minimum atomic E-state index is 0.752. The summed E-state index contributed by atoms with van der Waals surface area (Å²) < 4.78 is 0. The van der Waals surface area contributed by atoms with Gasteiger partial charge in [-0.25, -0.2) is 4.98 Å². The number of pyridine rings is 1. The molecule has 0 aliphatic heterocycles. The standard InChI is InChI=1S/C13H19N3/c1-3-8-16(2)13-9-11(6-7-14-13)10-15-12-4-5-12/h3,6-7,9,12,15H,1,4-5,8,10H2,2H3. The van der Waals surface area contributed by atoms with Crippen molar-refractivity contribution in [1.29, 1.82) is 0 Å². The van der Waals surface area contributed by atoms with Crippen LogP contribution in [0.5, 0.6) is 0 Å². The third kappa shape index (κ3) is 3.07. The van der Waals surface area contributed by atoms with Crippen molar-refractivity contribution in [2.24, 2.45) is 0 Å². The lowest BCUT2D eigenvalue weighted by molar-refractivity contribution is 0.687. The first kappa shape index (κ1) is 11.1. The monoisotopic (exact) mass is 217 g/mol. The van der Waals surface area contributed by atoms with Gasteiger partial charge < -0.3 is 10.2 Å². The number of hydrogen-bond donors (Lipinski definition) is 1. The van der Waals surface area contributed by atoms with Crippen molar-refractivity contribution in [1.82, 2.24) is 10.3 Å². The second kappa shape index (κ2) is 5.12. The normalized spacial score (nSPS) is 14.8. The molecule has 1 fully saturated rings. The van der Waals surface area contributed by atoms with E-state index in [-0.39, 0.29) is 0 Å². The minimum absolute atomic E-state index is 0.752. The second-order valence-electron chi connectivity index (χ2n) is 4.35. The summed E-state index contributed by atoms with van der Waals surface area (Å²) in [7, 11) is 2.03. The van der Waals surface area contributed by atoms with Crippen molar-refractivity contribution in [2.75, 3.05) is 18.5 Å². The first-order valence-electron chi connectivity index (χ1n) is 5.80. The fourth-order valence-electron chi connectivity index (χ4n) is 1.62. The zero-order chi connectivity index (χ0) is 11.4. The van der Waals surface area contributed by atoms with Crippen LogP contribution in [-0.4, -0.2) is 24.6 Å². The molecule has 1 heterocycles. The van der Waals surface area contributed by atoms with Crippen LogP contribution >= 0.6 is 0 Å². The van der Waals surface area contributed by atoms with E-state index in [9.17, 15) is 0 Å². The molecule has 1 aliphatic carbocycles. The van der Waals surface area contributed by atoms with Crippen molar-refractivity contribution in [3.05, 3.63) is 36.5 Å². The number of hydrogen-bond acceptors (Lipinski definition) is 3. The summed E-state index contributed by atoms with van der Waals surface area (Å²) in [4.78, 5) is 6.44. The zero-order valence-corrected chi connectivity index (χ0v) is 9.82. The van der Waals surface area contributed by atoms with Crippen LogP contribution in [0.1, 0.15) is 18.4 Å². The van der Waals surface area contributed by atoms with E-state index in [0.29, 0.717) is 0 Å². The third-order valence-corrected chi connectivity index (χ3v) is 2.78. The highest BCUT2D eigenvalue weighted by Crippen LogP contribution is 2.19. The average molecular weight is 217 g/mol. The second-order valence-corrected chi connectivity index (χ2v) is 4.35. The number of nitrogens with one attached hydrogen (secondary N) is 1. The average Bonchev–Trinajstić information content (AvgIpc) is 3.11. The maximum absolute atomic E-state index is 4.35. The van der Waals surface area contributed by atoms with E-state index >= 15 is 0 Å². The molecule has 0 saturated heterocycles. The van der Waals surface area contributed by atoms with Crippen molar-refractivity contribution in [3.8, 4) is 0 Å². The Kier molecular flexibility index (Phi) is 3.57. The molecule has 0 bridgehead atoms. The fraction of sp³-hybridized carbons (Fsp3) is 0.462. The van der Waals surface area contributed by atoms with Gasteiger partial charge in [-0.15, -0.1) is 6.58 Å². The quantitative estimate of drug-likeness (QED) is 0.738. The minimum Gasteiger partial charge on any atom is -0.356 e. The summed E-state index contributed by atoms with van der Waals surface area (Å²) >= 11 is 0. The van der Waals surface area contributed by atoms with E-state index in [0.717, 1.165) is 24.9 Å². The number of anilines is 1. The number of rotatable bonds is 6. The molecule has 0 spiro atoms. The van der Waals surface area contributed by atoms with Gasteiger partial charge in [-0.2, -0.15) is 0 Å². The van der Waals surface area contributed by atoms with Crippen LogP contribution in [-0.2, 0) is 6.54 Å². The van der Waals surface area contributed by atoms with Gasteiger partial charge in [0.25, 0.3) is 0 Å². The number of nitrogens with zero attached hydrogens (tertiary/aromatic N) is 2. The Hall–Kier alpha value is -1.35. The number of likely N-dealkylation sites (N-methyl/N-ethyl adjacent to an activating group) is 1. The highest BCUT2D eigenvalue weighted by Gasteiger charge is 2.19. The molecule has 16 heavy (non-hydrogen) atoms. The van der Waals surface area contributed by atoms with Crippen LogP contribution in [0.2, 0.25) is 0 Å². The van der Waals surface area contributed by atoms with Crippen LogP contribution in [0.25, 0.3) is 0 Å². The van der Waals surface area contributed by atoms with Crippen LogP contribution in [0.4, 0.5) is 5.82 Å². The molecule has 0 radical (unpaired) electrons. The van der Waals surface area contributed by atoms with Crippen molar-refractivity contribution >= 4 is 5.82 Å². The molecular formula is C13H19N3. The van der Waals surface area contributed by atoms with E-state index in [4.69, 9.17) is 0 Å². The predicted octanol–water partition coefficient (Wildman–Crippen LogP) is 1.96. The highest BCUT2D eigenvalue weighted by molar-refractivity contribution is 5.40. The molecule has 1 N–H and O–H groups in total. The van der Waals surface area contributed by atoms with Gasteiger partial charge in [0, 0.05) is 32.4 Å². The molecule has 2 rings (SSSR count). The Balaban J connectivity index is 1.96. The van der Waals surface area contributed by atoms with Crippen molar-refractivity contribution in [2.45, 2.75) is 25.4 Å².